The highest BCUT2D eigenvalue weighted by molar-refractivity contribution is 6.36. The van der Waals surface area contributed by atoms with E-state index in [1.165, 1.54) is 18.3 Å². The predicted octanol–water partition coefficient (Wildman–Crippen LogP) is 3.34. The van der Waals surface area contributed by atoms with E-state index in [0.29, 0.717) is 17.0 Å². The SMILES string of the molecule is CCCCC(=O)NN=Cc1cc(Cl)cc(Cl)c1O. The molecular formula is C12H14Cl2N2O2. The summed E-state index contributed by atoms with van der Waals surface area (Å²) >= 11 is 11.5. The summed E-state index contributed by atoms with van der Waals surface area (Å²) in [5.41, 5.74) is 2.72. The van der Waals surface area contributed by atoms with E-state index in [1.54, 1.807) is 0 Å². The number of phenolic OH excluding ortho intramolecular Hbond substituents is 1. The summed E-state index contributed by atoms with van der Waals surface area (Å²) in [5, 5.41) is 13.9. The molecule has 0 bridgehead atoms. The third-order valence-corrected chi connectivity index (χ3v) is 2.71. The monoisotopic (exact) mass is 288 g/mol. The smallest absolute Gasteiger partial charge is 0.240 e. The van der Waals surface area contributed by atoms with Gasteiger partial charge in [-0.1, -0.05) is 36.5 Å². The molecule has 1 aromatic rings. The van der Waals surface area contributed by atoms with Gasteiger partial charge in [-0.2, -0.15) is 5.10 Å². The van der Waals surface area contributed by atoms with E-state index in [-0.39, 0.29) is 16.7 Å². The standard InChI is InChI=1S/C12H14Cl2N2O2/c1-2-3-4-11(17)16-15-7-8-5-9(13)6-10(14)12(8)18/h5-7,18H,2-4H2,1H3,(H,16,17). The number of phenols is 1. The summed E-state index contributed by atoms with van der Waals surface area (Å²) in [6.07, 6.45) is 3.49. The number of aromatic hydroxyl groups is 1. The average Bonchev–Trinajstić information content (AvgIpc) is 2.32. The van der Waals surface area contributed by atoms with E-state index in [4.69, 9.17) is 23.2 Å². The van der Waals surface area contributed by atoms with Gasteiger partial charge in [0.05, 0.1) is 11.2 Å². The Balaban J connectivity index is 2.65. The first-order valence-electron chi connectivity index (χ1n) is 5.54. The number of nitrogens with zero attached hydrogens (tertiary/aromatic N) is 1. The Morgan fingerprint density at radius 2 is 2.22 bits per heavy atom. The van der Waals surface area contributed by atoms with Crippen LogP contribution in [0.2, 0.25) is 10.0 Å². The number of carbonyl (C=O) groups is 1. The Bertz CT molecular complexity index is 462. The number of hydrogen-bond donors (Lipinski definition) is 2. The fraction of sp³-hybridized carbons (Fsp3) is 0.333. The highest BCUT2D eigenvalue weighted by Gasteiger charge is 2.06. The van der Waals surface area contributed by atoms with Gasteiger partial charge in [-0.25, -0.2) is 5.43 Å². The molecule has 0 aliphatic carbocycles. The van der Waals surface area contributed by atoms with Crippen molar-refractivity contribution in [1.29, 1.82) is 0 Å². The van der Waals surface area contributed by atoms with Crippen LogP contribution in [0, 0.1) is 0 Å². The zero-order valence-electron chi connectivity index (χ0n) is 9.91. The van der Waals surface area contributed by atoms with Crippen LogP contribution in [0.25, 0.3) is 0 Å². The number of hydrogen-bond acceptors (Lipinski definition) is 3. The van der Waals surface area contributed by atoms with Crippen LogP contribution in [0.5, 0.6) is 5.75 Å². The molecule has 4 nitrogen and oxygen atoms in total. The first kappa shape index (κ1) is 14.8. The molecule has 0 saturated carbocycles. The highest BCUT2D eigenvalue weighted by Crippen LogP contribution is 2.29. The Morgan fingerprint density at radius 1 is 1.50 bits per heavy atom. The molecule has 1 aromatic carbocycles. The molecule has 0 saturated heterocycles. The van der Waals surface area contributed by atoms with Crippen molar-refractivity contribution in [2.75, 3.05) is 0 Å². The van der Waals surface area contributed by atoms with Crippen molar-refractivity contribution in [1.82, 2.24) is 5.43 Å². The molecular weight excluding hydrogens is 275 g/mol. The van der Waals surface area contributed by atoms with Crippen molar-refractivity contribution >= 4 is 35.3 Å². The molecule has 0 unspecified atom stereocenters. The molecule has 0 atom stereocenters. The van der Waals surface area contributed by atoms with Crippen LogP contribution < -0.4 is 5.43 Å². The minimum absolute atomic E-state index is 0.118. The van der Waals surface area contributed by atoms with Crippen molar-refractivity contribution in [3.8, 4) is 5.75 Å². The van der Waals surface area contributed by atoms with Gasteiger partial charge in [0.1, 0.15) is 5.75 Å². The number of carbonyl (C=O) groups excluding carboxylic acids is 1. The van der Waals surface area contributed by atoms with Crippen molar-refractivity contribution in [2.45, 2.75) is 26.2 Å². The number of amides is 1. The minimum atomic E-state index is -0.166. The number of halogens is 2. The lowest BCUT2D eigenvalue weighted by molar-refractivity contribution is -0.121. The zero-order chi connectivity index (χ0) is 13.5. The molecule has 0 radical (unpaired) electrons. The van der Waals surface area contributed by atoms with E-state index < -0.39 is 0 Å². The van der Waals surface area contributed by atoms with Gasteiger partial charge in [-0.3, -0.25) is 4.79 Å². The lowest BCUT2D eigenvalue weighted by Gasteiger charge is -2.02. The maximum Gasteiger partial charge on any atom is 0.240 e. The van der Waals surface area contributed by atoms with Gasteiger partial charge in [-0.05, 0) is 18.6 Å². The van der Waals surface area contributed by atoms with Crippen molar-refractivity contribution in [3.63, 3.8) is 0 Å². The molecule has 0 heterocycles. The lowest BCUT2D eigenvalue weighted by atomic mass is 10.2. The molecule has 1 amide bonds. The summed E-state index contributed by atoms with van der Waals surface area (Å²) in [5.74, 6) is -0.284. The average molecular weight is 289 g/mol. The number of nitrogens with one attached hydrogen (secondary N) is 1. The van der Waals surface area contributed by atoms with E-state index >= 15 is 0 Å². The predicted molar refractivity (Wildman–Crippen MR) is 73.4 cm³/mol. The minimum Gasteiger partial charge on any atom is -0.506 e. The largest absolute Gasteiger partial charge is 0.506 e. The van der Waals surface area contributed by atoms with E-state index in [0.717, 1.165) is 12.8 Å². The Labute approximate surface area is 116 Å². The second kappa shape index (κ2) is 7.24. The van der Waals surface area contributed by atoms with Gasteiger partial charge in [0.25, 0.3) is 0 Å². The number of hydrazone groups is 1. The van der Waals surface area contributed by atoms with Gasteiger partial charge < -0.3 is 5.11 Å². The van der Waals surface area contributed by atoms with Gasteiger partial charge >= 0.3 is 0 Å². The molecule has 0 aromatic heterocycles. The lowest BCUT2D eigenvalue weighted by Crippen LogP contribution is -2.16. The Morgan fingerprint density at radius 3 is 2.89 bits per heavy atom. The first-order valence-corrected chi connectivity index (χ1v) is 6.30. The summed E-state index contributed by atoms with van der Waals surface area (Å²) in [4.78, 5) is 11.3. The number of benzene rings is 1. The van der Waals surface area contributed by atoms with Gasteiger partial charge in [0, 0.05) is 17.0 Å². The highest BCUT2D eigenvalue weighted by atomic mass is 35.5. The van der Waals surface area contributed by atoms with Crippen LogP contribution in [0.3, 0.4) is 0 Å². The van der Waals surface area contributed by atoms with Crippen molar-refractivity contribution < 1.29 is 9.90 Å². The van der Waals surface area contributed by atoms with Crippen LogP contribution >= 0.6 is 23.2 Å². The van der Waals surface area contributed by atoms with Crippen LogP contribution in [0.15, 0.2) is 17.2 Å². The molecule has 0 aliphatic rings. The second-order valence-corrected chi connectivity index (χ2v) is 4.57. The molecule has 2 N–H and O–H groups in total. The molecule has 18 heavy (non-hydrogen) atoms. The fourth-order valence-electron chi connectivity index (χ4n) is 1.25. The molecule has 0 fully saturated rings. The maximum atomic E-state index is 11.3. The van der Waals surface area contributed by atoms with Crippen LogP contribution in [-0.2, 0) is 4.79 Å². The van der Waals surface area contributed by atoms with E-state index in [1.807, 2.05) is 6.92 Å². The Hall–Kier alpha value is -1.26. The van der Waals surface area contributed by atoms with Gasteiger partial charge in [0.2, 0.25) is 5.91 Å². The summed E-state index contributed by atoms with van der Waals surface area (Å²) in [7, 11) is 0. The molecule has 0 aliphatic heterocycles. The van der Waals surface area contributed by atoms with E-state index in [2.05, 4.69) is 10.5 Å². The van der Waals surface area contributed by atoms with Crippen molar-refractivity contribution in [3.05, 3.63) is 27.7 Å². The van der Waals surface area contributed by atoms with E-state index in [9.17, 15) is 9.90 Å². The number of rotatable bonds is 5. The third kappa shape index (κ3) is 4.55. The molecule has 98 valence electrons. The quantitative estimate of drug-likeness (QED) is 0.645. The fourth-order valence-corrected chi connectivity index (χ4v) is 1.76. The zero-order valence-corrected chi connectivity index (χ0v) is 11.4. The molecule has 1 rings (SSSR count). The van der Waals surface area contributed by atoms with Gasteiger partial charge in [-0.15, -0.1) is 0 Å². The maximum absolute atomic E-state index is 11.3. The normalized spacial score (nSPS) is 10.8. The summed E-state index contributed by atoms with van der Waals surface area (Å²) in [6.45, 7) is 2.00. The summed E-state index contributed by atoms with van der Waals surface area (Å²) < 4.78 is 0. The van der Waals surface area contributed by atoms with Gasteiger partial charge in [0.15, 0.2) is 0 Å². The number of unbranched alkanes of at least 4 members (excludes halogenated alkanes) is 1. The Kier molecular flexibility index (Phi) is 5.95. The third-order valence-electron chi connectivity index (χ3n) is 2.21. The first-order chi connectivity index (χ1) is 8.54. The molecule has 0 spiro atoms. The molecule has 6 heteroatoms. The van der Waals surface area contributed by atoms with Crippen LogP contribution in [-0.4, -0.2) is 17.2 Å². The van der Waals surface area contributed by atoms with Crippen LogP contribution in [0.4, 0.5) is 0 Å². The topological polar surface area (TPSA) is 61.7 Å². The second-order valence-electron chi connectivity index (χ2n) is 3.72. The van der Waals surface area contributed by atoms with Crippen LogP contribution in [0.1, 0.15) is 31.7 Å². The van der Waals surface area contributed by atoms with Crippen molar-refractivity contribution in [2.24, 2.45) is 5.10 Å². The summed E-state index contributed by atoms with van der Waals surface area (Å²) in [6, 6.07) is 2.93.